The molecule has 1 aliphatic carbocycles. The molecule has 1 N–H and O–H groups in total. The summed E-state index contributed by atoms with van der Waals surface area (Å²) in [6.07, 6.45) is 8.17. The highest BCUT2D eigenvalue weighted by Gasteiger charge is 2.12. The third-order valence-electron chi connectivity index (χ3n) is 3.31. The van der Waals surface area contributed by atoms with Crippen LogP contribution in [-0.4, -0.2) is 12.5 Å². The summed E-state index contributed by atoms with van der Waals surface area (Å²) < 4.78 is 0.747. The van der Waals surface area contributed by atoms with Crippen molar-refractivity contribution in [1.29, 1.82) is 0 Å². The van der Waals surface area contributed by atoms with Gasteiger partial charge in [0.1, 0.15) is 0 Å². The maximum absolute atomic E-state index is 12.0. The Balaban J connectivity index is 1.87. The van der Waals surface area contributed by atoms with Gasteiger partial charge in [0, 0.05) is 11.0 Å². The minimum absolute atomic E-state index is 0.109. The largest absolute Gasteiger partial charge is 0.352 e. The fraction of sp³-hybridized carbons (Fsp3) is 0.400. The van der Waals surface area contributed by atoms with Crippen LogP contribution in [0.5, 0.6) is 0 Å². The zero-order chi connectivity index (χ0) is 13.7. The lowest BCUT2D eigenvalue weighted by molar-refractivity contribution is 0.0954. The highest BCUT2D eigenvalue weighted by molar-refractivity contribution is 9.10. The van der Waals surface area contributed by atoms with Crippen LogP contribution in [0, 0.1) is 0 Å². The Kier molecular flexibility index (Phi) is 5.46. The molecule has 19 heavy (non-hydrogen) atoms. The van der Waals surface area contributed by atoms with Crippen LogP contribution >= 0.6 is 27.5 Å². The molecule has 1 amide bonds. The van der Waals surface area contributed by atoms with Crippen molar-refractivity contribution in [3.05, 3.63) is 44.9 Å². The van der Waals surface area contributed by atoms with Crippen molar-refractivity contribution in [2.24, 2.45) is 0 Å². The lowest BCUT2D eigenvalue weighted by atomic mass is 9.97. The first-order valence-corrected chi connectivity index (χ1v) is 7.75. The van der Waals surface area contributed by atoms with Gasteiger partial charge in [0.05, 0.1) is 10.6 Å². The van der Waals surface area contributed by atoms with Gasteiger partial charge in [0.2, 0.25) is 0 Å². The van der Waals surface area contributed by atoms with Gasteiger partial charge >= 0.3 is 0 Å². The molecule has 2 nitrogen and oxygen atoms in total. The second-order valence-corrected chi connectivity index (χ2v) is 5.95. The van der Waals surface area contributed by atoms with E-state index in [0.717, 1.165) is 10.9 Å². The van der Waals surface area contributed by atoms with Gasteiger partial charge in [0.15, 0.2) is 0 Å². The molecule has 0 bridgehead atoms. The second kappa shape index (κ2) is 7.11. The molecule has 0 heterocycles. The fourth-order valence-electron chi connectivity index (χ4n) is 2.24. The average molecular weight is 343 g/mol. The van der Waals surface area contributed by atoms with Crippen LogP contribution in [0.2, 0.25) is 5.02 Å². The molecule has 0 saturated carbocycles. The number of carbonyl (C=O) groups excluding carboxylic acids is 1. The molecular weight excluding hydrogens is 326 g/mol. The quantitative estimate of drug-likeness (QED) is 0.788. The number of hydrogen-bond donors (Lipinski definition) is 1. The Hall–Kier alpha value is -0.800. The predicted octanol–water partition coefficient (Wildman–Crippen LogP) is 4.72. The van der Waals surface area contributed by atoms with Gasteiger partial charge in [-0.25, -0.2) is 0 Å². The highest BCUT2D eigenvalue weighted by atomic mass is 79.9. The number of halogens is 2. The molecule has 0 aliphatic heterocycles. The highest BCUT2D eigenvalue weighted by Crippen LogP contribution is 2.26. The fourth-order valence-corrected chi connectivity index (χ4v) is 2.82. The molecule has 2 rings (SSSR count). The van der Waals surface area contributed by atoms with Crippen molar-refractivity contribution < 1.29 is 4.79 Å². The van der Waals surface area contributed by atoms with Gasteiger partial charge in [-0.3, -0.25) is 4.79 Å². The third kappa shape index (κ3) is 4.08. The Morgan fingerprint density at radius 1 is 1.37 bits per heavy atom. The van der Waals surface area contributed by atoms with Crippen LogP contribution in [-0.2, 0) is 0 Å². The summed E-state index contributed by atoms with van der Waals surface area (Å²) in [5.41, 5.74) is 1.99. The number of carbonyl (C=O) groups is 1. The van der Waals surface area contributed by atoms with Crippen LogP contribution < -0.4 is 5.32 Å². The third-order valence-corrected chi connectivity index (χ3v) is 4.61. The minimum Gasteiger partial charge on any atom is -0.352 e. The maximum atomic E-state index is 12.0. The normalized spacial score (nSPS) is 14.9. The number of rotatable bonds is 4. The summed E-state index contributed by atoms with van der Waals surface area (Å²) in [7, 11) is 0. The predicted molar refractivity (Wildman–Crippen MR) is 82.7 cm³/mol. The SMILES string of the molecule is O=C(NCCC1=CCCCC1)c1cccc(Br)c1Cl. The van der Waals surface area contributed by atoms with Gasteiger partial charge in [-0.1, -0.05) is 29.3 Å². The smallest absolute Gasteiger partial charge is 0.252 e. The number of allylic oxidation sites excluding steroid dienone is 1. The maximum Gasteiger partial charge on any atom is 0.252 e. The van der Waals surface area contributed by atoms with Crippen LogP contribution in [0.1, 0.15) is 42.5 Å². The first-order valence-electron chi connectivity index (χ1n) is 6.58. The standard InChI is InChI=1S/C15H17BrClNO/c16-13-8-4-7-12(14(13)17)15(19)18-10-9-11-5-2-1-3-6-11/h4-5,7-8H,1-3,6,9-10H2,(H,18,19). The summed E-state index contributed by atoms with van der Waals surface area (Å²) >= 11 is 9.42. The molecule has 102 valence electrons. The summed E-state index contributed by atoms with van der Waals surface area (Å²) in [6.45, 7) is 0.674. The molecule has 0 aromatic heterocycles. The molecule has 0 saturated heterocycles. The van der Waals surface area contributed by atoms with Gasteiger partial charge in [-0.05, 0) is 60.2 Å². The first-order chi connectivity index (χ1) is 9.18. The van der Waals surface area contributed by atoms with Crippen molar-refractivity contribution in [3.63, 3.8) is 0 Å². The van der Waals surface area contributed by atoms with Crippen molar-refractivity contribution in [2.75, 3.05) is 6.54 Å². The van der Waals surface area contributed by atoms with E-state index in [1.165, 1.54) is 31.3 Å². The lowest BCUT2D eigenvalue weighted by Gasteiger charge is -2.13. The average Bonchev–Trinajstić information content (AvgIpc) is 2.43. The van der Waals surface area contributed by atoms with Gasteiger partial charge in [-0.15, -0.1) is 0 Å². The molecule has 1 aliphatic rings. The van der Waals surface area contributed by atoms with E-state index >= 15 is 0 Å². The topological polar surface area (TPSA) is 29.1 Å². The number of amides is 1. The molecule has 1 aromatic rings. The van der Waals surface area contributed by atoms with E-state index < -0.39 is 0 Å². The summed E-state index contributed by atoms with van der Waals surface area (Å²) in [6, 6.07) is 5.38. The van der Waals surface area contributed by atoms with Crippen LogP contribution in [0.4, 0.5) is 0 Å². The van der Waals surface area contributed by atoms with E-state index in [1.807, 2.05) is 12.1 Å². The van der Waals surface area contributed by atoms with Crippen molar-refractivity contribution in [2.45, 2.75) is 32.1 Å². The molecular formula is C15H17BrClNO. The molecule has 0 atom stereocenters. The Bertz CT molecular complexity index is 499. The zero-order valence-electron chi connectivity index (χ0n) is 10.7. The van der Waals surface area contributed by atoms with E-state index in [9.17, 15) is 4.79 Å². The molecule has 0 fully saturated rings. The summed E-state index contributed by atoms with van der Waals surface area (Å²) in [5, 5.41) is 3.40. The minimum atomic E-state index is -0.109. The Labute approximate surface area is 127 Å². The number of nitrogens with one attached hydrogen (secondary N) is 1. The van der Waals surface area contributed by atoms with Gasteiger partial charge < -0.3 is 5.32 Å². The van der Waals surface area contributed by atoms with Crippen molar-refractivity contribution >= 4 is 33.4 Å². The van der Waals surface area contributed by atoms with Gasteiger partial charge in [0.25, 0.3) is 5.91 Å². The Morgan fingerprint density at radius 2 is 2.21 bits per heavy atom. The number of hydrogen-bond acceptors (Lipinski definition) is 1. The van der Waals surface area contributed by atoms with E-state index in [-0.39, 0.29) is 5.91 Å². The summed E-state index contributed by atoms with van der Waals surface area (Å²) in [5.74, 6) is -0.109. The van der Waals surface area contributed by atoms with Crippen LogP contribution in [0.15, 0.2) is 34.3 Å². The van der Waals surface area contributed by atoms with Gasteiger partial charge in [-0.2, -0.15) is 0 Å². The monoisotopic (exact) mass is 341 g/mol. The van der Waals surface area contributed by atoms with E-state index in [1.54, 1.807) is 6.07 Å². The van der Waals surface area contributed by atoms with E-state index in [2.05, 4.69) is 27.3 Å². The van der Waals surface area contributed by atoms with Crippen molar-refractivity contribution in [1.82, 2.24) is 5.32 Å². The van der Waals surface area contributed by atoms with Crippen LogP contribution in [0.3, 0.4) is 0 Å². The Morgan fingerprint density at radius 3 is 2.95 bits per heavy atom. The first kappa shape index (κ1) is 14.6. The molecule has 0 spiro atoms. The molecule has 0 radical (unpaired) electrons. The lowest BCUT2D eigenvalue weighted by Crippen LogP contribution is -2.25. The second-order valence-electron chi connectivity index (χ2n) is 4.72. The molecule has 0 unspecified atom stereocenters. The van der Waals surface area contributed by atoms with E-state index in [0.29, 0.717) is 17.1 Å². The molecule has 1 aromatic carbocycles. The zero-order valence-corrected chi connectivity index (χ0v) is 13.1. The molecule has 4 heteroatoms. The number of benzene rings is 1. The van der Waals surface area contributed by atoms with E-state index in [4.69, 9.17) is 11.6 Å². The summed E-state index contributed by atoms with van der Waals surface area (Å²) in [4.78, 5) is 12.0. The van der Waals surface area contributed by atoms with Crippen molar-refractivity contribution in [3.8, 4) is 0 Å². The van der Waals surface area contributed by atoms with Crippen LogP contribution in [0.25, 0.3) is 0 Å².